The Morgan fingerprint density at radius 1 is 1.19 bits per heavy atom. The number of aromatic nitrogens is 2. The number of aromatic amines is 1. The number of anilines is 1. The minimum Gasteiger partial charge on any atom is -0.338 e. The van der Waals surface area contributed by atoms with Crippen molar-refractivity contribution in [2.45, 2.75) is 77.6 Å². The van der Waals surface area contributed by atoms with Crippen LogP contribution in [-0.2, 0) is 5.41 Å². The quantitative estimate of drug-likeness (QED) is 0.614. The van der Waals surface area contributed by atoms with Crippen LogP contribution < -0.4 is 5.32 Å². The summed E-state index contributed by atoms with van der Waals surface area (Å²) in [6, 6.07) is 8.83. The number of rotatable bonds is 4. The summed E-state index contributed by atoms with van der Waals surface area (Å²) in [5, 5.41) is 13.1. The van der Waals surface area contributed by atoms with Crippen LogP contribution in [0.15, 0.2) is 30.5 Å². The van der Waals surface area contributed by atoms with Gasteiger partial charge >= 0.3 is 0 Å². The normalized spacial score (nSPS) is 19.9. The van der Waals surface area contributed by atoms with Crippen molar-refractivity contribution in [3.8, 4) is 6.07 Å². The number of amides is 1. The Bertz CT molecular complexity index is 1050. The second-order valence-corrected chi connectivity index (χ2v) is 9.98. The van der Waals surface area contributed by atoms with Gasteiger partial charge in [0.2, 0.25) is 0 Å². The second-order valence-electron chi connectivity index (χ2n) is 9.98. The molecule has 2 aromatic rings. The maximum Gasteiger partial charge on any atom is 0.291 e. The highest BCUT2D eigenvalue weighted by Crippen LogP contribution is 2.44. The molecule has 0 aliphatic heterocycles. The van der Waals surface area contributed by atoms with Gasteiger partial charge in [0.05, 0.1) is 11.5 Å². The molecule has 1 aromatic carbocycles. The zero-order valence-corrected chi connectivity index (χ0v) is 18.8. The van der Waals surface area contributed by atoms with Crippen molar-refractivity contribution in [1.29, 1.82) is 5.26 Å². The first kappa shape index (κ1) is 21.4. The van der Waals surface area contributed by atoms with Crippen molar-refractivity contribution in [2.75, 3.05) is 5.32 Å². The van der Waals surface area contributed by atoms with Gasteiger partial charge in [-0.3, -0.25) is 4.79 Å². The standard InChI is InChI=1S/C26H32N4O/c1-18-16-28-23(29-18)24(31)30-22-8-7-20(26(17-27)11-5-4-6-12-26)15-21(22)19-9-13-25(2,3)14-10-19/h7-9,15-16H,4-6,10-14H2,1-3H3,(H,28,29)(H,30,31). The summed E-state index contributed by atoms with van der Waals surface area (Å²) in [5.41, 5.74) is 4.92. The van der Waals surface area contributed by atoms with E-state index in [4.69, 9.17) is 0 Å². The van der Waals surface area contributed by atoms with E-state index in [1.165, 1.54) is 12.0 Å². The lowest BCUT2D eigenvalue weighted by atomic mass is 9.69. The van der Waals surface area contributed by atoms with E-state index in [2.05, 4.69) is 47.3 Å². The van der Waals surface area contributed by atoms with E-state index in [0.717, 1.165) is 67.5 Å². The van der Waals surface area contributed by atoms with E-state index in [9.17, 15) is 10.1 Å². The molecule has 2 aliphatic carbocycles. The molecule has 0 atom stereocenters. The lowest BCUT2D eigenvalue weighted by Gasteiger charge is -2.33. The number of allylic oxidation sites excluding steroid dienone is 2. The van der Waals surface area contributed by atoms with Crippen LogP contribution in [0.3, 0.4) is 0 Å². The van der Waals surface area contributed by atoms with Crippen molar-refractivity contribution in [3.05, 3.63) is 53.1 Å². The number of carbonyl (C=O) groups is 1. The molecule has 5 nitrogen and oxygen atoms in total. The summed E-state index contributed by atoms with van der Waals surface area (Å²) in [6.07, 6.45) is 12.3. The van der Waals surface area contributed by atoms with Crippen molar-refractivity contribution < 1.29 is 4.79 Å². The van der Waals surface area contributed by atoms with E-state index in [-0.39, 0.29) is 5.91 Å². The Kier molecular flexibility index (Phi) is 5.75. The summed E-state index contributed by atoms with van der Waals surface area (Å²) < 4.78 is 0. The Labute approximate surface area is 185 Å². The predicted octanol–water partition coefficient (Wildman–Crippen LogP) is 6.29. The molecule has 2 aliphatic rings. The fraction of sp³-hybridized carbons (Fsp3) is 0.500. The topological polar surface area (TPSA) is 81.6 Å². The van der Waals surface area contributed by atoms with E-state index < -0.39 is 5.41 Å². The van der Waals surface area contributed by atoms with Crippen molar-refractivity contribution >= 4 is 17.2 Å². The number of hydrogen-bond acceptors (Lipinski definition) is 3. The highest BCUT2D eigenvalue weighted by atomic mass is 16.2. The number of aryl methyl sites for hydroxylation is 1. The number of hydrogen-bond donors (Lipinski definition) is 2. The number of benzene rings is 1. The fourth-order valence-corrected chi connectivity index (χ4v) is 4.87. The first-order valence-electron chi connectivity index (χ1n) is 11.4. The van der Waals surface area contributed by atoms with Gasteiger partial charge in [0, 0.05) is 23.1 Å². The van der Waals surface area contributed by atoms with Crippen LogP contribution >= 0.6 is 0 Å². The molecule has 1 heterocycles. The molecule has 0 radical (unpaired) electrons. The molecule has 1 aromatic heterocycles. The smallest absolute Gasteiger partial charge is 0.291 e. The fourth-order valence-electron chi connectivity index (χ4n) is 4.87. The Morgan fingerprint density at radius 2 is 1.97 bits per heavy atom. The third-order valence-corrected chi connectivity index (χ3v) is 6.98. The maximum absolute atomic E-state index is 12.8. The molecule has 0 spiro atoms. The summed E-state index contributed by atoms with van der Waals surface area (Å²) >= 11 is 0. The summed E-state index contributed by atoms with van der Waals surface area (Å²) in [6.45, 7) is 6.47. The third kappa shape index (κ3) is 4.44. The molecular weight excluding hydrogens is 384 g/mol. The van der Waals surface area contributed by atoms with Gasteiger partial charge in [-0.25, -0.2) is 4.98 Å². The summed E-state index contributed by atoms with van der Waals surface area (Å²) in [7, 11) is 0. The Morgan fingerprint density at radius 3 is 2.58 bits per heavy atom. The Balaban J connectivity index is 1.73. The molecule has 0 saturated heterocycles. The van der Waals surface area contributed by atoms with Crippen LogP contribution in [-0.4, -0.2) is 15.9 Å². The van der Waals surface area contributed by atoms with Crippen LogP contribution in [0.25, 0.3) is 5.57 Å². The number of H-pyrrole nitrogens is 1. The van der Waals surface area contributed by atoms with Gasteiger partial charge in [-0.05, 0) is 67.7 Å². The third-order valence-electron chi connectivity index (χ3n) is 6.98. The van der Waals surface area contributed by atoms with Gasteiger partial charge in [-0.15, -0.1) is 0 Å². The summed E-state index contributed by atoms with van der Waals surface area (Å²) in [5.74, 6) is 0.0681. The molecule has 31 heavy (non-hydrogen) atoms. The van der Waals surface area contributed by atoms with Crippen molar-refractivity contribution in [2.24, 2.45) is 5.41 Å². The zero-order chi connectivity index (χ0) is 22.1. The predicted molar refractivity (Wildman–Crippen MR) is 124 cm³/mol. The number of nitrogens with one attached hydrogen (secondary N) is 2. The number of imidazole rings is 1. The molecule has 1 fully saturated rings. The highest BCUT2D eigenvalue weighted by Gasteiger charge is 2.35. The molecule has 162 valence electrons. The molecule has 5 heteroatoms. The largest absolute Gasteiger partial charge is 0.338 e. The van der Waals surface area contributed by atoms with E-state index in [0.29, 0.717) is 11.2 Å². The highest BCUT2D eigenvalue weighted by molar-refractivity contribution is 6.03. The van der Waals surface area contributed by atoms with Crippen LogP contribution in [0.5, 0.6) is 0 Å². The van der Waals surface area contributed by atoms with E-state index >= 15 is 0 Å². The second kappa shape index (κ2) is 8.34. The van der Waals surface area contributed by atoms with Gasteiger partial charge in [0.1, 0.15) is 0 Å². The van der Waals surface area contributed by atoms with Gasteiger partial charge in [-0.2, -0.15) is 5.26 Å². The van der Waals surface area contributed by atoms with Gasteiger partial charge in [0.15, 0.2) is 5.82 Å². The van der Waals surface area contributed by atoms with Crippen LogP contribution in [0.1, 0.15) is 92.7 Å². The molecule has 1 amide bonds. The maximum atomic E-state index is 12.8. The van der Waals surface area contributed by atoms with E-state index in [1.54, 1.807) is 6.20 Å². The van der Waals surface area contributed by atoms with Crippen LogP contribution in [0.4, 0.5) is 5.69 Å². The number of nitriles is 1. The molecule has 2 N–H and O–H groups in total. The summed E-state index contributed by atoms with van der Waals surface area (Å²) in [4.78, 5) is 20.0. The van der Waals surface area contributed by atoms with Gasteiger partial charge in [0.25, 0.3) is 5.91 Å². The van der Waals surface area contributed by atoms with Crippen molar-refractivity contribution in [3.63, 3.8) is 0 Å². The van der Waals surface area contributed by atoms with Crippen LogP contribution in [0.2, 0.25) is 0 Å². The first-order valence-corrected chi connectivity index (χ1v) is 11.4. The van der Waals surface area contributed by atoms with Gasteiger partial charge in [-0.1, -0.05) is 45.3 Å². The Hall–Kier alpha value is -2.87. The van der Waals surface area contributed by atoms with E-state index in [1.807, 2.05) is 19.1 Å². The molecule has 4 rings (SSSR count). The first-order chi connectivity index (χ1) is 14.8. The number of nitrogens with zero attached hydrogens (tertiary/aromatic N) is 2. The lowest BCUT2D eigenvalue weighted by molar-refractivity contribution is 0.101. The molecule has 1 saturated carbocycles. The van der Waals surface area contributed by atoms with Crippen LogP contribution in [0, 0.1) is 23.7 Å². The lowest BCUT2D eigenvalue weighted by Crippen LogP contribution is -2.27. The molecule has 0 bridgehead atoms. The monoisotopic (exact) mass is 416 g/mol. The average Bonchev–Trinajstić information content (AvgIpc) is 3.21. The number of carbonyl (C=O) groups excluding carboxylic acids is 1. The van der Waals surface area contributed by atoms with Gasteiger partial charge < -0.3 is 10.3 Å². The zero-order valence-electron chi connectivity index (χ0n) is 18.8. The average molecular weight is 417 g/mol. The minimum absolute atomic E-state index is 0.244. The van der Waals surface area contributed by atoms with Crippen molar-refractivity contribution in [1.82, 2.24) is 9.97 Å². The minimum atomic E-state index is -0.415. The molecular formula is C26H32N4O. The SMILES string of the molecule is Cc1cnc(C(=O)Nc2ccc(C3(C#N)CCCCC3)cc2C2=CCC(C)(C)CC2)[nH]1. The molecule has 0 unspecified atom stereocenters.